The number of ketones is 1. The zero-order valence-electron chi connectivity index (χ0n) is 44.4. The molecule has 10 aromatic carbocycles. The SMILES string of the molecule is COc1ccc(Oc2ccc(S(=O)(=O)c3ccc(Oc4ccc(Oc5ccc(C(=O)c6ccc(C)c(SOOO)c6)cc5S(=O)(=O)O)cc4P4(=O)Oc5ccccc5-c5ccccc54)cc3)cc2)cc1P1(=O)Oc2ccccc2-c2ccccc21. The van der Waals surface area contributed by atoms with Crippen LogP contribution in [0.1, 0.15) is 21.5 Å². The van der Waals surface area contributed by atoms with Crippen LogP contribution in [0.4, 0.5) is 0 Å². The summed E-state index contributed by atoms with van der Waals surface area (Å²) >= 11 is 0.639. The normalized spacial score (nSPS) is 15.8. The summed E-state index contributed by atoms with van der Waals surface area (Å²) in [6, 6.07) is 57.0. The Morgan fingerprint density at radius 1 is 0.482 bits per heavy atom. The fourth-order valence-corrected chi connectivity index (χ4v) is 17.1. The second kappa shape index (κ2) is 22.7. The Kier molecular flexibility index (Phi) is 15.1. The van der Waals surface area contributed by atoms with Gasteiger partial charge in [0.1, 0.15) is 56.6 Å². The van der Waals surface area contributed by atoms with E-state index in [1.165, 1.54) is 98.1 Å². The number of methoxy groups -OCH3 is 1. The van der Waals surface area contributed by atoms with E-state index in [-0.39, 0.29) is 54.5 Å². The first-order chi connectivity index (χ1) is 40.9. The van der Waals surface area contributed by atoms with E-state index in [2.05, 4.69) is 9.37 Å². The molecule has 0 radical (unpaired) electrons. The first kappa shape index (κ1) is 56.7. The van der Waals surface area contributed by atoms with Crippen LogP contribution in [-0.2, 0) is 38.5 Å². The van der Waals surface area contributed by atoms with E-state index in [0.29, 0.717) is 67.2 Å². The van der Waals surface area contributed by atoms with Gasteiger partial charge in [0.05, 0.1) is 50.2 Å². The van der Waals surface area contributed by atoms with Crippen molar-refractivity contribution in [3.05, 3.63) is 235 Å². The summed E-state index contributed by atoms with van der Waals surface area (Å²) in [5, 5.41) is 13.4. The average molecular weight is 1230 g/mol. The number of carbonyl (C=O) groups is 1. The average Bonchev–Trinajstić information content (AvgIpc) is 1.29. The minimum atomic E-state index is -5.06. The quantitative estimate of drug-likeness (QED) is 0.0215. The Morgan fingerprint density at radius 2 is 0.929 bits per heavy atom. The molecule has 0 aromatic heterocycles. The molecule has 17 nitrogen and oxygen atoms in total. The lowest BCUT2D eigenvalue weighted by atomic mass is 10.0. The lowest BCUT2D eigenvalue weighted by Crippen LogP contribution is -2.26. The van der Waals surface area contributed by atoms with Crippen LogP contribution >= 0.6 is 26.8 Å². The number of para-hydroxylation sites is 2. The van der Waals surface area contributed by atoms with Crippen LogP contribution in [0, 0.1) is 6.92 Å². The first-order valence-electron chi connectivity index (χ1n) is 25.7. The highest BCUT2D eigenvalue weighted by Gasteiger charge is 2.42. The van der Waals surface area contributed by atoms with Gasteiger partial charge in [0, 0.05) is 27.1 Å². The summed E-state index contributed by atoms with van der Waals surface area (Å²) in [4.78, 5) is 13.2. The van der Waals surface area contributed by atoms with Gasteiger partial charge in [0.15, 0.2) is 5.78 Å². The molecular formula is C63H44O17P2S3. The minimum Gasteiger partial charge on any atom is -0.496 e. The molecule has 2 unspecified atom stereocenters. The minimum absolute atomic E-state index is 0.00344. The van der Waals surface area contributed by atoms with Crippen molar-refractivity contribution in [3.8, 4) is 74.0 Å². The Morgan fingerprint density at radius 3 is 1.48 bits per heavy atom. The van der Waals surface area contributed by atoms with Gasteiger partial charge in [-0.3, -0.25) is 18.5 Å². The lowest BCUT2D eigenvalue weighted by Gasteiger charge is -2.30. The maximum atomic E-state index is 15.8. The molecular weight excluding hydrogens is 1190 g/mol. The Balaban J connectivity index is 0.823. The summed E-state index contributed by atoms with van der Waals surface area (Å²) in [6.07, 6.45) is 0. The van der Waals surface area contributed by atoms with Gasteiger partial charge in [-0.1, -0.05) is 90.0 Å². The second-order valence-electron chi connectivity index (χ2n) is 19.2. The van der Waals surface area contributed by atoms with Crippen molar-refractivity contribution >= 4 is 73.7 Å². The van der Waals surface area contributed by atoms with E-state index in [0.717, 1.165) is 17.2 Å². The van der Waals surface area contributed by atoms with Gasteiger partial charge >= 0.3 is 14.7 Å². The molecule has 0 bridgehead atoms. The van der Waals surface area contributed by atoms with Crippen molar-refractivity contribution < 1.29 is 77.9 Å². The van der Waals surface area contributed by atoms with Gasteiger partial charge in [-0.05, 0) is 157 Å². The van der Waals surface area contributed by atoms with Crippen molar-refractivity contribution in [1.82, 2.24) is 0 Å². The largest absolute Gasteiger partial charge is 0.496 e. The van der Waals surface area contributed by atoms with Gasteiger partial charge in [-0.15, -0.1) is 4.33 Å². The van der Waals surface area contributed by atoms with E-state index in [9.17, 15) is 26.2 Å². The van der Waals surface area contributed by atoms with E-state index < -0.39 is 51.1 Å². The molecule has 2 atom stereocenters. The van der Waals surface area contributed by atoms with Gasteiger partial charge in [0.2, 0.25) is 9.84 Å². The zero-order valence-corrected chi connectivity index (χ0v) is 48.7. The fraction of sp³-hybridized carbons (Fsp3) is 0.0317. The number of hydrogen-bond donors (Lipinski definition) is 2. The third-order valence-corrected chi connectivity index (χ3v) is 22.3. The van der Waals surface area contributed by atoms with Gasteiger partial charge in [-0.25, -0.2) is 13.7 Å². The number of sulfone groups is 1. The highest BCUT2D eigenvalue weighted by Crippen LogP contribution is 2.57. The number of benzene rings is 10. The molecule has 2 heterocycles. The number of carbonyl (C=O) groups excluding carboxylic acids is 1. The highest BCUT2D eigenvalue weighted by molar-refractivity contribution is 7.94. The predicted octanol–water partition coefficient (Wildman–Crippen LogP) is 13.7. The van der Waals surface area contributed by atoms with Crippen molar-refractivity contribution in [3.63, 3.8) is 0 Å². The molecule has 2 N–H and O–H groups in total. The predicted molar refractivity (Wildman–Crippen MR) is 318 cm³/mol. The number of aryl methyl sites for hydroxylation is 1. The van der Waals surface area contributed by atoms with Gasteiger partial charge in [-0.2, -0.15) is 8.42 Å². The van der Waals surface area contributed by atoms with Gasteiger partial charge < -0.3 is 28.0 Å². The fourth-order valence-electron chi connectivity index (χ4n) is 9.91. The van der Waals surface area contributed by atoms with Crippen LogP contribution in [0.25, 0.3) is 22.3 Å². The van der Waals surface area contributed by atoms with Crippen molar-refractivity contribution in [1.29, 1.82) is 0 Å². The Hall–Kier alpha value is -8.78. The number of fused-ring (bicyclic) bond motifs is 6. The zero-order chi connectivity index (χ0) is 59.3. The molecule has 10 aromatic rings. The number of ether oxygens (including phenoxy) is 4. The van der Waals surface area contributed by atoms with Crippen LogP contribution in [0.15, 0.2) is 238 Å². The number of hydrogen-bond acceptors (Lipinski definition) is 17. The molecule has 12 rings (SSSR count). The summed E-state index contributed by atoms with van der Waals surface area (Å²) in [6.45, 7) is 1.73. The first-order valence-corrected chi connectivity index (χ1v) is 32.6. The third-order valence-electron chi connectivity index (χ3n) is 14.0. The van der Waals surface area contributed by atoms with Crippen LogP contribution < -0.4 is 49.2 Å². The summed E-state index contributed by atoms with van der Waals surface area (Å²) < 4.78 is 137. The second-order valence-corrected chi connectivity index (χ2v) is 27.8. The van der Waals surface area contributed by atoms with Crippen molar-refractivity contribution in [2.75, 3.05) is 7.11 Å². The molecule has 22 heteroatoms. The highest BCUT2D eigenvalue weighted by atomic mass is 32.2. The lowest BCUT2D eigenvalue weighted by molar-refractivity contribution is -0.432. The summed E-state index contributed by atoms with van der Waals surface area (Å²) in [7, 11) is -15.8. The van der Waals surface area contributed by atoms with Crippen LogP contribution in [0.5, 0.6) is 51.7 Å². The van der Waals surface area contributed by atoms with E-state index in [1.54, 1.807) is 85.8 Å². The molecule has 2 aliphatic rings. The molecule has 0 amide bonds. The topological polar surface area (TPSA) is 234 Å². The van der Waals surface area contributed by atoms with E-state index >= 15 is 9.13 Å². The maximum Gasteiger partial charge on any atom is 0.311 e. The monoisotopic (exact) mass is 1230 g/mol. The molecule has 0 spiro atoms. The molecule has 0 aliphatic carbocycles. The van der Waals surface area contributed by atoms with E-state index in [1.807, 2.05) is 42.5 Å². The smallest absolute Gasteiger partial charge is 0.311 e. The Bertz CT molecular complexity index is 4650. The molecule has 426 valence electrons. The van der Waals surface area contributed by atoms with Crippen molar-refractivity contribution in [2.45, 2.75) is 26.5 Å². The molecule has 0 saturated carbocycles. The molecule has 0 fully saturated rings. The van der Waals surface area contributed by atoms with E-state index in [4.69, 9.17) is 33.3 Å². The van der Waals surface area contributed by atoms with Crippen LogP contribution in [0.2, 0.25) is 0 Å². The van der Waals surface area contributed by atoms with Crippen LogP contribution in [0.3, 0.4) is 0 Å². The van der Waals surface area contributed by atoms with Crippen LogP contribution in [-0.4, -0.2) is 39.5 Å². The van der Waals surface area contributed by atoms with Gasteiger partial charge in [0.25, 0.3) is 10.1 Å². The molecule has 0 saturated heterocycles. The molecule has 2 aliphatic heterocycles. The summed E-state index contributed by atoms with van der Waals surface area (Å²) in [5.41, 5.74) is 3.52. The Labute approximate surface area is 491 Å². The van der Waals surface area contributed by atoms with Crippen molar-refractivity contribution in [2.24, 2.45) is 0 Å². The standard InChI is InChI=1S/C63H44O17P2S3/c1-39-19-20-40(35-61(39)83-80-79-65)63(64)41-21-32-56(62(36-41)85(70,71)72)76-45-27-34-55(60(38-45)82(67)58-18-10-6-14-51(58)49-12-4-8-16-53(49)78-82)75-43-24-30-47(31-25-43)84(68,69)46-28-22-42(23-29-46)74-44-26-33-54(73-2)59(37-44)81(66)57-17-9-5-13-50(57)48-11-3-7-15-52(48)77-81/h3-38,65H,1-2H3,(H,70,71,72). The summed E-state index contributed by atoms with van der Waals surface area (Å²) in [5.74, 6) is 0.687. The number of rotatable bonds is 17. The molecule has 85 heavy (non-hydrogen) atoms. The maximum absolute atomic E-state index is 15.8. The third kappa shape index (κ3) is 10.8.